The largest absolute Gasteiger partial charge is 0.342 e. The molecule has 29 heavy (non-hydrogen) atoms. The van der Waals surface area contributed by atoms with E-state index in [1.54, 1.807) is 18.3 Å². The summed E-state index contributed by atoms with van der Waals surface area (Å²) in [7, 11) is 0. The van der Waals surface area contributed by atoms with E-state index in [-0.39, 0.29) is 5.91 Å². The van der Waals surface area contributed by atoms with Crippen molar-refractivity contribution < 1.29 is 4.79 Å². The highest BCUT2D eigenvalue weighted by atomic mass is 79.9. The Morgan fingerprint density at radius 3 is 2.55 bits per heavy atom. The van der Waals surface area contributed by atoms with Gasteiger partial charge in [-0.3, -0.25) is 4.79 Å². The molecule has 144 valence electrons. The van der Waals surface area contributed by atoms with Gasteiger partial charge in [0.15, 0.2) is 0 Å². The smallest absolute Gasteiger partial charge is 0.271 e. The molecule has 0 saturated carbocycles. The van der Waals surface area contributed by atoms with E-state index < -0.39 is 0 Å². The Kier molecular flexibility index (Phi) is 5.58. The molecule has 1 amide bonds. The number of nitrogens with zero attached hydrogens (tertiary/aromatic N) is 2. The van der Waals surface area contributed by atoms with Gasteiger partial charge in [-0.1, -0.05) is 58.4 Å². The molecule has 0 bridgehead atoms. The fraction of sp³-hybridized carbons (Fsp3) is 0.0833. The van der Waals surface area contributed by atoms with Crippen LogP contribution in [-0.4, -0.2) is 16.7 Å². The van der Waals surface area contributed by atoms with Crippen molar-refractivity contribution in [3.63, 3.8) is 0 Å². The Morgan fingerprint density at radius 1 is 1.03 bits per heavy atom. The Labute approximate surface area is 178 Å². The lowest BCUT2D eigenvalue weighted by Crippen LogP contribution is -2.17. The normalized spacial score (nSPS) is 11.2. The molecule has 0 fully saturated rings. The van der Waals surface area contributed by atoms with Crippen LogP contribution in [0.25, 0.3) is 10.9 Å². The molecule has 0 aliphatic carbocycles. The number of amides is 1. The molecular formula is C24H20BrN3O. The van der Waals surface area contributed by atoms with Crippen molar-refractivity contribution in [2.24, 2.45) is 5.10 Å². The summed E-state index contributed by atoms with van der Waals surface area (Å²) in [5.41, 5.74) is 7.81. The fourth-order valence-electron chi connectivity index (χ4n) is 3.31. The predicted octanol–water partition coefficient (Wildman–Crippen LogP) is 5.52. The lowest BCUT2D eigenvalue weighted by molar-refractivity contribution is 0.0955. The first-order valence-corrected chi connectivity index (χ1v) is 10.1. The minimum Gasteiger partial charge on any atom is -0.342 e. The zero-order valence-corrected chi connectivity index (χ0v) is 17.6. The molecule has 0 radical (unpaired) electrons. The SMILES string of the molecule is Cc1ccccc1Cn1cc(/C=N\NC(=O)c2ccc(Br)cc2)c2ccccc21. The summed E-state index contributed by atoms with van der Waals surface area (Å²) in [5.74, 6) is -0.239. The van der Waals surface area contributed by atoms with Crippen LogP contribution in [0.3, 0.4) is 0 Å². The van der Waals surface area contributed by atoms with Crippen LogP contribution in [-0.2, 0) is 6.54 Å². The number of halogens is 1. The standard InChI is InChI=1S/C24H20BrN3O/c1-17-6-2-3-7-19(17)15-28-16-20(22-8-4-5-9-23(22)28)14-26-27-24(29)18-10-12-21(25)13-11-18/h2-14,16H,15H2,1H3,(H,27,29)/b26-14-. The molecular weight excluding hydrogens is 426 g/mol. The van der Waals surface area contributed by atoms with Gasteiger partial charge in [0.05, 0.1) is 6.21 Å². The van der Waals surface area contributed by atoms with Gasteiger partial charge in [-0.2, -0.15) is 5.10 Å². The van der Waals surface area contributed by atoms with Crippen LogP contribution >= 0.6 is 15.9 Å². The number of hydrogen-bond acceptors (Lipinski definition) is 2. The quantitative estimate of drug-likeness (QED) is 0.318. The number of benzene rings is 3. The highest BCUT2D eigenvalue weighted by molar-refractivity contribution is 9.10. The molecule has 3 aromatic carbocycles. The summed E-state index contributed by atoms with van der Waals surface area (Å²) in [6.45, 7) is 2.91. The van der Waals surface area contributed by atoms with Gasteiger partial charge in [0.25, 0.3) is 5.91 Å². The van der Waals surface area contributed by atoms with Crippen molar-refractivity contribution in [3.8, 4) is 0 Å². The number of para-hydroxylation sites is 1. The van der Waals surface area contributed by atoms with Crippen LogP contribution in [0.1, 0.15) is 27.0 Å². The second kappa shape index (κ2) is 8.45. The molecule has 0 spiro atoms. The number of hydrazone groups is 1. The zero-order chi connectivity index (χ0) is 20.2. The van der Waals surface area contributed by atoms with Gasteiger partial charge in [-0.05, 0) is 48.4 Å². The van der Waals surface area contributed by atoms with Crippen LogP contribution in [0.5, 0.6) is 0 Å². The number of aryl methyl sites for hydroxylation is 1. The number of rotatable bonds is 5. The number of carbonyl (C=O) groups is 1. The molecule has 0 atom stereocenters. The van der Waals surface area contributed by atoms with Crippen molar-refractivity contribution in [2.75, 3.05) is 0 Å². The van der Waals surface area contributed by atoms with Crippen molar-refractivity contribution in [1.29, 1.82) is 0 Å². The highest BCUT2D eigenvalue weighted by Crippen LogP contribution is 2.22. The molecule has 1 aromatic heterocycles. The lowest BCUT2D eigenvalue weighted by Gasteiger charge is -2.08. The average molecular weight is 446 g/mol. The minimum absolute atomic E-state index is 0.239. The maximum atomic E-state index is 12.2. The molecule has 4 nitrogen and oxygen atoms in total. The number of fused-ring (bicyclic) bond motifs is 1. The topological polar surface area (TPSA) is 46.4 Å². The molecule has 1 heterocycles. The number of carbonyl (C=O) groups excluding carboxylic acids is 1. The van der Waals surface area contributed by atoms with Crippen LogP contribution < -0.4 is 5.43 Å². The second-order valence-corrected chi connectivity index (χ2v) is 7.78. The zero-order valence-electron chi connectivity index (χ0n) is 16.0. The van der Waals surface area contributed by atoms with Crippen molar-refractivity contribution in [3.05, 3.63) is 106 Å². The number of aromatic nitrogens is 1. The summed E-state index contributed by atoms with van der Waals surface area (Å²) in [6, 6.07) is 23.8. The van der Waals surface area contributed by atoms with Crippen LogP contribution in [0.2, 0.25) is 0 Å². The summed E-state index contributed by atoms with van der Waals surface area (Å²) in [6.07, 6.45) is 3.78. The van der Waals surface area contributed by atoms with E-state index in [9.17, 15) is 4.79 Å². The third kappa shape index (κ3) is 4.30. The third-order valence-corrected chi connectivity index (χ3v) is 5.43. The Hall–Kier alpha value is -3.18. The molecule has 5 heteroatoms. The van der Waals surface area contributed by atoms with E-state index in [2.05, 4.69) is 80.5 Å². The number of hydrogen-bond donors (Lipinski definition) is 1. The Morgan fingerprint density at radius 2 is 1.76 bits per heavy atom. The van der Waals surface area contributed by atoms with Gasteiger partial charge in [-0.25, -0.2) is 5.43 Å². The Bertz CT molecular complexity index is 1190. The molecule has 1 N–H and O–H groups in total. The molecule has 4 rings (SSSR count). The summed E-state index contributed by atoms with van der Waals surface area (Å²) in [4.78, 5) is 12.2. The molecule has 4 aromatic rings. The first-order valence-electron chi connectivity index (χ1n) is 9.33. The van der Waals surface area contributed by atoms with Gasteiger partial charge in [0.2, 0.25) is 0 Å². The van der Waals surface area contributed by atoms with E-state index in [4.69, 9.17) is 0 Å². The van der Waals surface area contributed by atoms with Gasteiger partial charge >= 0.3 is 0 Å². The lowest BCUT2D eigenvalue weighted by atomic mass is 10.1. The first-order chi connectivity index (χ1) is 14.1. The molecule has 0 aliphatic heterocycles. The predicted molar refractivity (Wildman–Crippen MR) is 121 cm³/mol. The van der Waals surface area contributed by atoms with Gasteiger partial charge < -0.3 is 4.57 Å². The van der Waals surface area contributed by atoms with Crippen LogP contribution in [0.15, 0.2) is 88.6 Å². The van der Waals surface area contributed by atoms with Crippen molar-refractivity contribution >= 4 is 39.0 Å². The van der Waals surface area contributed by atoms with Gasteiger partial charge in [0.1, 0.15) is 0 Å². The van der Waals surface area contributed by atoms with Crippen LogP contribution in [0.4, 0.5) is 0 Å². The van der Waals surface area contributed by atoms with E-state index in [1.807, 2.05) is 24.3 Å². The number of nitrogens with one attached hydrogen (secondary N) is 1. The fourth-order valence-corrected chi connectivity index (χ4v) is 3.57. The monoisotopic (exact) mass is 445 g/mol. The van der Waals surface area contributed by atoms with E-state index >= 15 is 0 Å². The molecule has 0 saturated heterocycles. The van der Waals surface area contributed by atoms with Gasteiger partial charge in [0, 0.05) is 39.2 Å². The minimum atomic E-state index is -0.239. The average Bonchev–Trinajstić information content (AvgIpc) is 3.08. The van der Waals surface area contributed by atoms with E-state index in [0.29, 0.717) is 5.56 Å². The van der Waals surface area contributed by atoms with Crippen LogP contribution in [0, 0.1) is 6.92 Å². The summed E-state index contributed by atoms with van der Waals surface area (Å²) >= 11 is 3.37. The summed E-state index contributed by atoms with van der Waals surface area (Å²) in [5, 5.41) is 5.28. The van der Waals surface area contributed by atoms with E-state index in [0.717, 1.165) is 27.5 Å². The summed E-state index contributed by atoms with van der Waals surface area (Å²) < 4.78 is 3.15. The molecule has 0 aliphatic rings. The first kappa shape index (κ1) is 19.2. The van der Waals surface area contributed by atoms with Gasteiger partial charge in [-0.15, -0.1) is 0 Å². The van der Waals surface area contributed by atoms with Crippen molar-refractivity contribution in [2.45, 2.75) is 13.5 Å². The maximum absolute atomic E-state index is 12.2. The van der Waals surface area contributed by atoms with Crippen molar-refractivity contribution in [1.82, 2.24) is 9.99 Å². The Balaban J connectivity index is 1.57. The molecule has 0 unspecified atom stereocenters. The highest BCUT2D eigenvalue weighted by Gasteiger charge is 2.09. The second-order valence-electron chi connectivity index (χ2n) is 6.86. The van der Waals surface area contributed by atoms with E-state index in [1.165, 1.54) is 11.1 Å². The third-order valence-electron chi connectivity index (χ3n) is 4.90. The maximum Gasteiger partial charge on any atom is 0.271 e.